The predicted molar refractivity (Wildman–Crippen MR) is 101 cm³/mol. The van der Waals surface area contributed by atoms with Crippen LogP contribution >= 0.6 is 0 Å². The lowest BCUT2D eigenvalue weighted by Gasteiger charge is -2.18. The molecule has 0 unspecified atom stereocenters. The van der Waals surface area contributed by atoms with E-state index in [2.05, 4.69) is 5.32 Å². The zero-order chi connectivity index (χ0) is 18.2. The van der Waals surface area contributed by atoms with Crippen LogP contribution in [0.1, 0.15) is 26.3 Å². The molecule has 0 bridgehead atoms. The van der Waals surface area contributed by atoms with Gasteiger partial charge in [0.25, 0.3) is 0 Å². The number of hydrogen-bond donors (Lipinski definition) is 1. The number of para-hydroxylation sites is 1. The standard InChI is InChI=1S/C21H21NO3/c1-13-11-15(22-20(24)21(2,3)4)9-10-16(13)17-12-14-7-5-6-8-18(14)25-19(17)23/h5-12H,1-4H3,(H,22,24). The first-order chi connectivity index (χ1) is 11.8. The number of carbonyl (C=O) groups is 1. The summed E-state index contributed by atoms with van der Waals surface area (Å²) in [5.41, 5.74) is 2.67. The lowest BCUT2D eigenvalue weighted by Crippen LogP contribution is -2.27. The second-order valence-electron chi connectivity index (χ2n) is 7.22. The first-order valence-electron chi connectivity index (χ1n) is 8.21. The van der Waals surface area contributed by atoms with E-state index >= 15 is 0 Å². The zero-order valence-corrected chi connectivity index (χ0v) is 14.8. The highest BCUT2D eigenvalue weighted by Crippen LogP contribution is 2.27. The highest BCUT2D eigenvalue weighted by atomic mass is 16.4. The molecule has 0 saturated heterocycles. The van der Waals surface area contributed by atoms with Crippen LogP contribution in [0.3, 0.4) is 0 Å². The highest BCUT2D eigenvalue weighted by molar-refractivity contribution is 5.95. The van der Waals surface area contributed by atoms with Crippen LogP contribution in [0.4, 0.5) is 5.69 Å². The van der Waals surface area contributed by atoms with Gasteiger partial charge in [0.1, 0.15) is 5.58 Å². The topological polar surface area (TPSA) is 59.3 Å². The van der Waals surface area contributed by atoms with Crippen molar-refractivity contribution in [1.82, 2.24) is 0 Å². The Labute approximate surface area is 146 Å². The number of amides is 1. The van der Waals surface area contributed by atoms with Gasteiger partial charge in [-0.1, -0.05) is 45.0 Å². The molecule has 1 amide bonds. The molecule has 1 heterocycles. The molecule has 0 aliphatic carbocycles. The van der Waals surface area contributed by atoms with E-state index in [9.17, 15) is 9.59 Å². The van der Waals surface area contributed by atoms with Crippen molar-refractivity contribution in [2.75, 3.05) is 5.32 Å². The second kappa shape index (κ2) is 6.20. The normalized spacial score (nSPS) is 11.5. The molecule has 4 heteroatoms. The molecule has 0 fully saturated rings. The minimum atomic E-state index is -0.466. The molecule has 0 aliphatic rings. The summed E-state index contributed by atoms with van der Waals surface area (Å²) in [5.74, 6) is -0.0510. The van der Waals surface area contributed by atoms with Gasteiger partial charge in [-0.15, -0.1) is 0 Å². The van der Waals surface area contributed by atoms with Gasteiger partial charge >= 0.3 is 5.63 Å². The van der Waals surface area contributed by atoms with E-state index in [0.29, 0.717) is 16.8 Å². The molecule has 1 aromatic heterocycles. The van der Waals surface area contributed by atoms with E-state index in [4.69, 9.17) is 4.42 Å². The summed E-state index contributed by atoms with van der Waals surface area (Å²) in [4.78, 5) is 24.5. The van der Waals surface area contributed by atoms with Crippen molar-refractivity contribution in [3.63, 3.8) is 0 Å². The summed E-state index contributed by atoms with van der Waals surface area (Å²) in [5, 5.41) is 3.78. The molecule has 0 saturated carbocycles. The summed E-state index contributed by atoms with van der Waals surface area (Å²) in [6.07, 6.45) is 0. The van der Waals surface area contributed by atoms with Crippen LogP contribution in [-0.4, -0.2) is 5.91 Å². The molecular formula is C21H21NO3. The fourth-order valence-corrected chi connectivity index (χ4v) is 2.61. The molecule has 0 aliphatic heterocycles. The number of hydrogen-bond acceptors (Lipinski definition) is 3. The van der Waals surface area contributed by atoms with E-state index in [-0.39, 0.29) is 11.5 Å². The third-order valence-electron chi connectivity index (χ3n) is 4.10. The Morgan fingerprint density at radius 3 is 2.40 bits per heavy atom. The quantitative estimate of drug-likeness (QED) is 0.687. The number of carbonyl (C=O) groups excluding carboxylic acids is 1. The molecule has 4 nitrogen and oxygen atoms in total. The maximum Gasteiger partial charge on any atom is 0.344 e. The number of fused-ring (bicyclic) bond motifs is 1. The maximum absolute atomic E-state index is 12.3. The fraction of sp³-hybridized carbons (Fsp3) is 0.238. The van der Waals surface area contributed by atoms with Crippen LogP contribution in [0.2, 0.25) is 0 Å². The smallest absolute Gasteiger partial charge is 0.344 e. The zero-order valence-electron chi connectivity index (χ0n) is 14.8. The molecule has 3 aromatic rings. The first-order valence-corrected chi connectivity index (χ1v) is 8.21. The Morgan fingerprint density at radius 1 is 1.00 bits per heavy atom. The minimum absolute atomic E-state index is 0.0510. The number of anilines is 1. The largest absolute Gasteiger partial charge is 0.422 e. The average Bonchev–Trinajstić information content (AvgIpc) is 2.54. The van der Waals surface area contributed by atoms with Crippen molar-refractivity contribution in [3.8, 4) is 11.1 Å². The van der Waals surface area contributed by atoms with Crippen molar-refractivity contribution >= 4 is 22.6 Å². The van der Waals surface area contributed by atoms with Crippen molar-refractivity contribution in [2.45, 2.75) is 27.7 Å². The third kappa shape index (κ3) is 3.48. The van der Waals surface area contributed by atoms with E-state index < -0.39 is 5.41 Å². The SMILES string of the molecule is Cc1cc(NC(=O)C(C)(C)C)ccc1-c1cc2ccccc2oc1=O. The van der Waals surface area contributed by atoms with Crippen LogP contribution in [0, 0.1) is 12.3 Å². The molecule has 0 radical (unpaired) electrons. The van der Waals surface area contributed by atoms with Crippen LogP contribution in [0.25, 0.3) is 22.1 Å². The molecule has 128 valence electrons. The number of nitrogens with one attached hydrogen (secondary N) is 1. The molecule has 0 atom stereocenters. The maximum atomic E-state index is 12.3. The van der Waals surface area contributed by atoms with Gasteiger partial charge in [-0.2, -0.15) is 0 Å². The van der Waals surface area contributed by atoms with Crippen molar-refractivity contribution < 1.29 is 9.21 Å². The Balaban J connectivity index is 2.00. The molecule has 0 spiro atoms. The summed E-state index contributed by atoms with van der Waals surface area (Å²) in [6, 6.07) is 14.8. The highest BCUT2D eigenvalue weighted by Gasteiger charge is 2.21. The molecular weight excluding hydrogens is 314 g/mol. The molecule has 25 heavy (non-hydrogen) atoms. The van der Waals surface area contributed by atoms with Gasteiger partial charge in [-0.25, -0.2) is 4.79 Å². The van der Waals surface area contributed by atoms with E-state index in [1.807, 2.05) is 64.1 Å². The number of rotatable bonds is 2. The van der Waals surface area contributed by atoms with Crippen LogP contribution in [0.5, 0.6) is 0 Å². The summed E-state index contributed by atoms with van der Waals surface area (Å²) in [7, 11) is 0. The van der Waals surface area contributed by atoms with Gasteiger partial charge in [-0.05, 0) is 42.3 Å². The Kier molecular flexibility index (Phi) is 4.21. The Morgan fingerprint density at radius 2 is 1.72 bits per heavy atom. The summed E-state index contributed by atoms with van der Waals surface area (Å²) < 4.78 is 5.42. The summed E-state index contributed by atoms with van der Waals surface area (Å²) in [6.45, 7) is 7.51. The van der Waals surface area contributed by atoms with Gasteiger partial charge in [0, 0.05) is 16.5 Å². The molecule has 2 aromatic carbocycles. The third-order valence-corrected chi connectivity index (χ3v) is 4.10. The predicted octanol–water partition coefficient (Wildman–Crippen LogP) is 4.75. The first kappa shape index (κ1) is 17.0. The average molecular weight is 335 g/mol. The van der Waals surface area contributed by atoms with Crippen LogP contribution < -0.4 is 10.9 Å². The minimum Gasteiger partial charge on any atom is -0.422 e. The van der Waals surface area contributed by atoms with Crippen LogP contribution in [0.15, 0.2) is 57.7 Å². The van der Waals surface area contributed by atoms with Crippen molar-refractivity contribution in [1.29, 1.82) is 0 Å². The van der Waals surface area contributed by atoms with Gasteiger partial charge in [-0.3, -0.25) is 4.79 Å². The van der Waals surface area contributed by atoms with E-state index in [1.54, 1.807) is 12.1 Å². The number of aryl methyl sites for hydroxylation is 1. The lowest BCUT2D eigenvalue weighted by molar-refractivity contribution is -0.123. The fourth-order valence-electron chi connectivity index (χ4n) is 2.61. The van der Waals surface area contributed by atoms with Gasteiger partial charge < -0.3 is 9.73 Å². The monoisotopic (exact) mass is 335 g/mol. The van der Waals surface area contributed by atoms with E-state index in [1.165, 1.54) is 0 Å². The van der Waals surface area contributed by atoms with E-state index in [0.717, 1.165) is 16.5 Å². The lowest BCUT2D eigenvalue weighted by atomic mass is 9.95. The van der Waals surface area contributed by atoms with Gasteiger partial charge in [0.15, 0.2) is 0 Å². The molecule has 1 N–H and O–H groups in total. The Hall–Kier alpha value is -2.88. The Bertz CT molecular complexity index is 1010. The van der Waals surface area contributed by atoms with Crippen LogP contribution in [-0.2, 0) is 4.79 Å². The number of benzene rings is 2. The second-order valence-corrected chi connectivity index (χ2v) is 7.22. The van der Waals surface area contributed by atoms with Crippen molar-refractivity contribution in [3.05, 3.63) is 64.5 Å². The van der Waals surface area contributed by atoms with Gasteiger partial charge in [0.2, 0.25) is 5.91 Å². The molecule has 3 rings (SSSR count). The van der Waals surface area contributed by atoms with Crippen molar-refractivity contribution in [2.24, 2.45) is 5.41 Å². The van der Waals surface area contributed by atoms with Gasteiger partial charge in [0.05, 0.1) is 5.56 Å². The summed E-state index contributed by atoms with van der Waals surface area (Å²) >= 11 is 0.